The topological polar surface area (TPSA) is 75.6 Å². The molecule has 5 nitrogen and oxygen atoms in total. The summed E-state index contributed by atoms with van der Waals surface area (Å²) in [7, 11) is 0. The molecule has 6 heteroatoms. The van der Waals surface area contributed by atoms with Gasteiger partial charge in [0.2, 0.25) is 0 Å². The minimum absolute atomic E-state index is 0.0851. The largest absolute Gasteiger partial charge is 0.491 e. The van der Waals surface area contributed by atoms with Gasteiger partial charge in [-0.1, -0.05) is 0 Å². The summed E-state index contributed by atoms with van der Waals surface area (Å²) in [5.41, 5.74) is 0.533. The molecular weight excluding hydrogens is 302 g/mol. The highest BCUT2D eigenvalue weighted by molar-refractivity contribution is 7.13. The summed E-state index contributed by atoms with van der Waals surface area (Å²) in [5, 5.41) is 11.6. The number of thiophene rings is 1. The van der Waals surface area contributed by atoms with Gasteiger partial charge in [0.15, 0.2) is 0 Å². The summed E-state index contributed by atoms with van der Waals surface area (Å²) < 4.78 is 5.52. The Bertz CT molecular complexity index is 661. The Labute approximate surface area is 132 Å². The molecule has 0 fully saturated rings. The Hall–Kier alpha value is -2.34. The molecule has 116 valence electrons. The molecule has 2 N–H and O–H groups in total. The first-order valence-electron chi connectivity index (χ1n) is 6.82. The number of rotatable bonds is 6. The van der Waals surface area contributed by atoms with Crippen molar-refractivity contribution in [1.82, 2.24) is 5.32 Å². The first-order valence-corrected chi connectivity index (χ1v) is 7.64. The van der Waals surface area contributed by atoms with Gasteiger partial charge >= 0.3 is 5.97 Å². The maximum atomic E-state index is 12.0. The van der Waals surface area contributed by atoms with Crippen LogP contribution in [0.5, 0.6) is 5.75 Å². The van der Waals surface area contributed by atoms with E-state index in [4.69, 9.17) is 9.84 Å². The normalized spacial score (nSPS) is 10.5. The summed E-state index contributed by atoms with van der Waals surface area (Å²) in [6, 6.07) is 10.1. The van der Waals surface area contributed by atoms with Crippen molar-refractivity contribution >= 4 is 23.2 Å². The molecule has 2 aromatic rings. The number of ether oxygens (including phenoxy) is 1. The van der Waals surface area contributed by atoms with Gasteiger partial charge in [-0.15, -0.1) is 11.3 Å². The summed E-state index contributed by atoms with van der Waals surface area (Å²) >= 11 is 1.15. The minimum Gasteiger partial charge on any atom is -0.491 e. The summed E-state index contributed by atoms with van der Waals surface area (Å²) in [6.45, 7) is 4.18. The van der Waals surface area contributed by atoms with Crippen molar-refractivity contribution in [3.63, 3.8) is 0 Å². The molecular formula is C16H17NO4S. The van der Waals surface area contributed by atoms with Gasteiger partial charge in [0.05, 0.1) is 12.6 Å². The third-order valence-corrected chi connectivity index (χ3v) is 3.86. The molecule has 1 aromatic heterocycles. The van der Waals surface area contributed by atoms with Crippen LogP contribution in [0.4, 0.5) is 0 Å². The van der Waals surface area contributed by atoms with Gasteiger partial charge in [-0.2, -0.15) is 0 Å². The van der Waals surface area contributed by atoms with Crippen LogP contribution >= 0.6 is 11.3 Å². The van der Waals surface area contributed by atoms with Crippen LogP contribution in [0.3, 0.4) is 0 Å². The van der Waals surface area contributed by atoms with Gasteiger partial charge in [-0.3, -0.25) is 4.79 Å². The second-order valence-electron chi connectivity index (χ2n) is 4.94. The van der Waals surface area contributed by atoms with E-state index in [0.29, 0.717) is 12.1 Å². The highest BCUT2D eigenvalue weighted by Crippen LogP contribution is 2.17. The molecule has 0 unspecified atom stereocenters. The van der Waals surface area contributed by atoms with Gasteiger partial charge in [-0.05, 0) is 50.2 Å². The van der Waals surface area contributed by atoms with Crippen LogP contribution in [0.1, 0.15) is 38.8 Å². The van der Waals surface area contributed by atoms with Crippen molar-refractivity contribution in [1.29, 1.82) is 0 Å². The fraction of sp³-hybridized carbons (Fsp3) is 0.250. The minimum atomic E-state index is -0.955. The predicted octanol–water partition coefficient (Wildman–Crippen LogP) is 3.16. The van der Waals surface area contributed by atoms with E-state index >= 15 is 0 Å². The maximum Gasteiger partial charge on any atom is 0.345 e. The number of amides is 1. The Morgan fingerprint density at radius 2 is 1.86 bits per heavy atom. The predicted molar refractivity (Wildman–Crippen MR) is 84.7 cm³/mol. The average Bonchev–Trinajstić information content (AvgIpc) is 2.94. The van der Waals surface area contributed by atoms with Crippen LogP contribution in [-0.4, -0.2) is 23.1 Å². The van der Waals surface area contributed by atoms with Crippen LogP contribution in [0.25, 0.3) is 0 Å². The molecule has 0 spiro atoms. The molecule has 0 aliphatic carbocycles. The van der Waals surface area contributed by atoms with E-state index in [-0.39, 0.29) is 16.9 Å². The van der Waals surface area contributed by atoms with Crippen LogP contribution in [0.15, 0.2) is 36.4 Å². The number of carbonyl (C=O) groups is 2. The van der Waals surface area contributed by atoms with Crippen LogP contribution in [0, 0.1) is 0 Å². The first kappa shape index (κ1) is 16.0. The van der Waals surface area contributed by atoms with Crippen molar-refractivity contribution in [3.8, 4) is 5.75 Å². The number of aromatic carboxylic acids is 1. The van der Waals surface area contributed by atoms with Gasteiger partial charge < -0.3 is 15.2 Å². The number of carboxylic acid groups (broad SMARTS) is 1. The van der Waals surface area contributed by atoms with Crippen LogP contribution in [-0.2, 0) is 6.54 Å². The number of benzene rings is 1. The van der Waals surface area contributed by atoms with E-state index in [1.807, 2.05) is 13.8 Å². The average molecular weight is 319 g/mol. The third-order valence-electron chi connectivity index (χ3n) is 2.78. The molecule has 0 radical (unpaired) electrons. The summed E-state index contributed by atoms with van der Waals surface area (Å²) in [6.07, 6.45) is 0.0851. The molecule has 0 bridgehead atoms. The highest BCUT2D eigenvalue weighted by Gasteiger charge is 2.09. The molecule has 0 aliphatic heterocycles. The van der Waals surface area contributed by atoms with Gasteiger partial charge in [0.1, 0.15) is 10.6 Å². The fourth-order valence-electron chi connectivity index (χ4n) is 1.81. The van der Waals surface area contributed by atoms with E-state index in [0.717, 1.165) is 22.0 Å². The Balaban J connectivity index is 1.92. The van der Waals surface area contributed by atoms with Crippen molar-refractivity contribution in [2.75, 3.05) is 0 Å². The second kappa shape index (κ2) is 7.09. The summed E-state index contributed by atoms with van der Waals surface area (Å²) in [5.74, 6) is -0.444. The second-order valence-corrected chi connectivity index (χ2v) is 6.11. The zero-order valence-corrected chi connectivity index (χ0v) is 13.1. The molecule has 0 saturated heterocycles. The van der Waals surface area contributed by atoms with Crippen molar-refractivity contribution in [2.45, 2.75) is 26.5 Å². The standard InChI is InChI=1S/C16H17NO4S/c1-10(2)21-12-5-3-11(4-6-12)15(18)17-9-13-7-8-14(22-13)16(19)20/h3-8,10H,9H2,1-2H3,(H,17,18)(H,19,20). The molecule has 22 heavy (non-hydrogen) atoms. The van der Waals surface area contributed by atoms with E-state index in [2.05, 4.69) is 5.32 Å². The molecule has 0 aliphatic rings. The first-order chi connectivity index (χ1) is 10.5. The number of carbonyl (C=O) groups excluding carboxylic acids is 1. The van der Waals surface area contributed by atoms with Crippen molar-refractivity contribution < 1.29 is 19.4 Å². The Kier molecular flexibility index (Phi) is 5.16. The van der Waals surface area contributed by atoms with Crippen molar-refractivity contribution in [3.05, 3.63) is 51.7 Å². The molecule has 1 aromatic carbocycles. The zero-order valence-electron chi connectivity index (χ0n) is 12.3. The smallest absolute Gasteiger partial charge is 0.345 e. The Morgan fingerprint density at radius 3 is 2.41 bits per heavy atom. The maximum absolute atomic E-state index is 12.0. The van der Waals surface area contributed by atoms with Crippen LogP contribution < -0.4 is 10.1 Å². The lowest BCUT2D eigenvalue weighted by Crippen LogP contribution is -2.22. The molecule has 0 atom stereocenters. The lowest BCUT2D eigenvalue weighted by molar-refractivity contribution is 0.0702. The third kappa shape index (κ3) is 4.33. The molecule has 0 saturated carbocycles. The zero-order chi connectivity index (χ0) is 16.1. The SMILES string of the molecule is CC(C)Oc1ccc(C(=O)NCc2ccc(C(=O)O)s2)cc1. The number of carboxylic acids is 1. The number of hydrogen-bond donors (Lipinski definition) is 2. The number of nitrogens with one attached hydrogen (secondary N) is 1. The van der Waals surface area contributed by atoms with Gasteiger partial charge in [-0.25, -0.2) is 4.79 Å². The van der Waals surface area contributed by atoms with Gasteiger partial charge in [0.25, 0.3) is 5.91 Å². The molecule has 1 heterocycles. The summed E-state index contributed by atoms with van der Waals surface area (Å²) in [4.78, 5) is 23.9. The lowest BCUT2D eigenvalue weighted by atomic mass is 10.2. The van der Waals surface area contributed by atoms with E-state index < -0.39 is 5.97 Å². The quantitative estimate of drug-likeness (QED) is 0.857. The Morgan fingerprint density at radius 1 is 1.18 bits per heavy atom. The van der Waals surface area contributed by atoms with Gasteiger partial charge in [0, 0.05) is 10.4 Å². The molecule has 2 rings (SSSR count). The lowest BCUT2D eigenvalue weighted by Gasteiger charge is -2.10. The van der Waals surface area contributed by atoms with Crippen LogP contribution in [0.2, 0.25) is 0 Å². The molecule has 1 amide bonds. The van der Waals surface area contributed by atoms with E-state index in [9.17, 15) is 9.59 Å². The number of hydrogen-bond acceptors (Lipinski definition) is 4. The van der Waals surface area contributed by atoms with Crippen molar-refractivity contribution in [2.24, 2.45) is 0 Å². The van der Waals surface area contributed by atoms with E-state index in [1.165, 1.54) is 6.07 Å². The highest BCUT2D eigenvalue weighted by atomic mass is 32.1. The monoisotopic (exact) mass is 319 g/mol. The fourth-order valence-corrected chi connectivity index (χ4v) is 2.60. The van der Waals surface area contributed by atoms with E-state index in [1.54, 1.807) is 30.3 Å².